The average Bonchev–Trinajstić information content (AvgIpc) is 3.04. The third-order valence-corrected chi connectivity index (χ3v) is 6.40. The van der Waals surface area contributed by atoms with Gasteiger partial charge in [-0.2, -0.15) is 0 Å². The molecule has 0 bridgehead atoms. The van der Waals surface area contributed by atoms with Crippen LogP contribution in [0.3, 0.4) is 0 Å². The second kappa shape index (κ2) is 8.83. The van der Waals surface area contributed by atoms with E-state index in [1.54, 1.807) is 0 Å². The molecule has 0 radical (unpaired) electrons. The lowest BCUT2D eigenvalue weighted by Gasteiger charge is -2.26. The van der Waals surface area contributed by atoms with E-state index in [1.165, 1.54) is 24.0 Å². The monoisotopic (exact) mass is 382 g/mol. The van der Waals surface area contributed by atoms with Gasteiger partial charge >= 0.3 is 6.03 Å². The molecule has 26 heavy (non-hydrogen) atoms. The van der Waals surface area contributed by atoms with Crippen LogP contribution in [-0.4, -0.2) is 75.6 Å². The van der Waals surface area contributed by atoms with Crippen LogP contribution < -0.4 is 5.32 Å². The van der Waals surface area contributed by atoms with Crippen molar-refractivity contribution in [2.24, 2.45) is 0 Å². The number of carbonyl (C=O) groups is 1. The summed E-state index contributed by atoms with van der Waals surface area (Å²) >= 11 is 0. The maximum Gasteiger partial charge on any atom is 0.317 e. The zero-order valence-electron chi connectivity index (χ0n) is 16.1. The number of carbonyl (C=O) groups excluding carboxylic acids is 1. The van der Waals surface area contributed by atoms with Crippen LogP contribution in [0, 0.1) is 0 Å². The summed E-state index contributed by atoms with van der Waals surface area (Å²) < 4.78 is 24.7. The van der Waals surface area contributed by atoms with Crippen LogP contribution in [0.15, 0.2) is 24.3 Å². The fourth-order valence-electron chi connectivity index (χ4n) is 3.14. The van der Waals surface area contributed by atoms with Crippen molar-refractivity contribution < 1.29 is 13.2 Å². The van der Waals surface area contributed by atoms with E-state index in [4.69, 9.17) is 0 Å². The lowest BCUT2D eigenvalue weighted by atomic mass is 10.0. The number of rotatable bonds is 7. The summed E-state index contributed by atoms with van der Waals surface area (Å²) in [5.41, 5.74) is 2.36. The number of nitrogens with zero attached hydrogens (tertiary/aromatic N) is 3. The van der Waals surface area contributed by atoms with Gasteiger partial charge in [0.1, 0.15) is 0 Å². The number of sulfonamides is 1. The number of nitrogens with one attached hydrogen (secondary N) is 1. The molecular formula is C18H30N4O3S. The molecule has 0 aromatic heterocycles. The van der Waals surface area contributed by atoms with Gasteiger partial charge in [-0.05, 0) is 38.1 Å². The van der Waals surface area contributed by atoms with Gasteiger partial charge in [-0.15, -0.1) is 0 Å². The van der Waals surface area contributed by atoms with Crippen LogP contribution in [0.4, 0.5) is 4.79 Å². The Morgan fingerprint density at radius 2 is 1.85 bits per heavy atom. The molecule has 1 unspecified atom stereocenters. The topological polar surface area (TPSA) is 73.0 Å². The highest BCUT2D eigenvalue weighted by Crippen LogP contribution is 2.32. The summed E-state index contributed by atoms with van der Waals surface area (Å²) in [4.78, 5) is 16.4. The number of likely N-dealkylation sites (tertiary alicyclic amines) is 1. The first-order valence-electron chi connectivity index (χ1n) is 8.89. The number of urea groups is 1. The van der Waals surface area contributed by atoms with Gasteiger partial charge in [0.05, 0.1) is 11.8 Å². The van der Waals surface area contributed by atoms with Gasteiger partial charge in [-0.1, -0.05) is 24.3 Å². The fraction of sp³-hybridized carbons (Fsp3) is 0.611. The molecule has 1 aliphatic heterocycles. The van der Waals surface area contributed by atoms with E-state index in [0.717, 1.165) is 24.9 Å². The maximum atomic E-state index is 12.5. The molecule has 1 N–H and O–H groups in total. The quantitative estimate of drug-likeness (QED) is 0.775. The maximum absolute atomic E-state index is 12.5. The molecule has 8 heteroatoms. The minimum atomic E-state index is -3.30. The molecule has 1 fully saturated rings. The highest BCUT2D eigenvalue weighted by molar-refractivity contribution is 7.89. The molecule has 0 spiro atoms. The number of hydrogen-bond donors (Lipinski definition) is 1. The van der Waals surface area contributed by atoms with Crippen LogP contribution in [0.25, 0.3) is 0 Å². The average molecular weight is 383 g/mol. The third kappa shape index (κ3) is 5.43. The summed E-state index contributed by atoms with van der Waals surface area (Å²) in [5, 5.41) is 2.75. The first-order valence-corrected chi connectivity index (χ1v) is 10.5. The molecular weight excluding hydrogens is 352 g/mol. The van der Waals surface area contributed by atoms with Crippen molar-refractivity contribution in [3.05, 3.63) is 35.4 Å². The number of benzene rings is 1. The number of amides is 2. The Hall–Kier alpha value is -1.64. The first-order chi connectivity index (χ1) is 12.2. The Kier molecular flexibility index (Phi) is 7.02. The molecule has 2 rings (SSSR count). The van der Waals surface area contributed by atoms with Gasteiger partial charge in [-0.3, -0.25) is 0 Å². The lowest BCUT2D eigenvalue weighted by Crippen LogP contribution is -2.42. The summed E-state index contributed by atoms with van der Waals surface area (Å²) in [5.74, 6) is -0.0938. The second-order valence-electron chi connectivity index (χ2n) is 7.16. The van der Waals surface area contributed by atoms with Crippen molar-refractivity contribution in [1.29, 1.82) is 0 Å². The van der Waals surface area contributed by atoms with Crippen LogP contribution in [-0.2, 0) is 16.6 Å². The van der Waals surface area contributed by atoms with Crippen LogP contribution in [0.5, 0.6) is 0 Å². The van der Waals surface area contributed by atoms with Gasteiger partial charge in [0.15, 0.2) is 0 Å². The summed E-state index contributed by atoms with van der Waals surface area (Å²) in [6.07, 6.45) is 1.88. The zero-order valence-corrected chi connectivity index (χ0v) is 16.9. The second-order valence-corrected chi connectivity index (χ2v) is 9.46. The van der Waals surface area contributed by atoms with Crippen molar-refractivity contribution in [3.8, 4) is 0 Å². The Morgan fingerprint density at radius 1 is 1.19 bits per heavy atom. The predicted molar refractivity (Wildman–Crippen MR) is 103 cm³/mol. The van der Waals surface area contributed by atoms with Crippen molar-refractivity contribution in [3.63, 3.8) is 0 Å². The van der Waals surface area contributed by atoms with E-state index in [1.807, 2.05) is 19.0 Å². The van der Waals surface area contributed by atoms with E-state index >= 15 is 0 Å². The molecule has 1 heterocycles. The minimum Gasteiger partial charge on any atom is -0.337 e. The van der Waals surface area contributed by atoms with Crippen molar-refractivity contribution in [1.82, 2.24) is 19.4 Å². The molecule has 1 aliphatic rings. The highest BCUT2D eigenvalue weighted by atomic mass is 32.2. The molecule has 0 saturated carbocycles. The standard InChI is InChI=1S/C18H30N4O3S/c1-20(2)14-15-7-9-16(10-8-15)17-6-5-12-22(17)18(23)19-11-13-26(24,25)21(3)4/h7-10,17H,5-6,11-14H2,1-4H3,(H,19,23). The van der Waals surface area contributed by atoms with Crippen LogP contribution in [0.2, 0.25) is 0 Å². The Balaban J connectivity index is 1.95. The van der Waals surface area contributed by atoms with Gasteiger partial charge in [0, 0.05) is 33.7 Å². The lowest BCUT2D eigenvalue weighted by molar-refractivity contribution is 0.193. The molecule has 2 amide bonds. The zero-order chi connectivity index (χ0) is 19.3. The third-order valence-electron chi connectivity index (χ3n) is 4.57. The molecule has 1 aromatic carbocycles. The van der Waals surface area contributed by atoms with E-state index in [0.29, 0.717) is 6.54 Å². The first kappa shape index (κ1) is 20.7. The molecule has 1 aromatic rings. The van der Waals surface area contributed by atoms with Gasteiger partial charge < -0.3 is 15.1 Å². The normalized spacial score (nSPS) is 17.9. The van der Waals surface area contributed by atoms with Gasteiger partial charge in [-0.25, -0.2) is 17.5 Å². The molecule has 0 aliphatic carbocycles. The van der Waals surface area contributed by atoms with Crippen molar-refractivity contribution in [2.75, 3.05) is 47.0 Å². The van der Waals surface area contributed by atoms with E-state index in [9.17, 15) is 13.2 Å². The van der Waals surface area contributed by atoms with Gasteiger partial charge in [0.2, 0.25) is 10.0 Å². The number of hydrogen-bond acceptors (Lipinski definition) is 4. The molecule has 1 saturated heterocycles. The fourth-order valence-corrected chi connectivity index (χ4v) is 3.86. The summed E-state index contributed by atoms with van der Waals surface area (Å²) in [6.45, 7) is 1.69. The molecule has 1 atom stereocenters. The summed E-state index contributed by atoms with van der Waals surface area (Å²) in [7, 11) is 3.76. The Morgan fingerprint density at radius 3 is 2.42 bits per heavy atom. The smallest absolute Gasteiger partial charge is 0.317 e. The predicted octanol–water partition coefficient (Wildman–Crippen LogP) is 1.49. The minimum absolute atomic E-state index is 0.0499. The molecule has 146 valence electrons. The van der Waals surface area contributed by atoms with E-state index in [2.05, 4.69) is 34.5 Å². The van der Waals surface area contributed by atoms with E-state index in [-0.39, 0.29) is 24.4 Å². The molecule has 7 nitrogen and oxygen atoms in total. The SMILES string of the molecule is CN(C)Cc1ccc(C2CCCN2C(=O)NCCS(=O)(=O)N(C)C)cc1. The summed E-state index contributed by atoms with van der Waals surface area (Å²) in [6, 6.07) is 8.24. The van der Waals surface area contributed by atoms with Crippen molar-refractivity contribution >= 4 is 16.1 Å². The van der Waals surface area contributed by atoms with Gasteiger partial charge in [0.25, 0.3) is 0 Å². The van der Waals surface area contributed by atoms with E-state index < -0.39 is 10.0 Å². The largest absolute Gasteiger partial charge is 0.337 e. The highest BCUT2D eigenvalue weighted by Gasteiger charge is 2.30. The van der Waals surface area contributed by atoms with Crippen LogP contribution in [0.1, 0.15) is 30.0 Å². The van der Waals surface area contributed by atoms with Crippen LogP contribution >= 0.6 is 0 Å². The Bertz CT molecular complexity index is 702. The Labute approximate surface area is 157 Å². The van der Waals surface area contributed by atoms with Crippen molar-refractivity contribution in [2.45, 2.75) is 25.4 Å².